The van der Waals surface area contributed by atoms with Gasteiger partial charge in [0.15, 0.2) is 0 Å². The lowest BCUT2D eigenvalue weighted by Crippen LogP contribution is -2.51. The Labute approximate surface area is 164 Å². The molecule has 2 aliphatic heterocycles. The molecule has 0 aromatic heterocycles. The van der Waals surface area contributed by atoms with Gasteiger partial charge in [-0.1, -0.05) is 24.3 Å². The SMILES string of the molecule is CCN1CC2(CCC1=O)CCN(Cc1ccc(CCC(C)(C)O)cc1)CC2. The van der Waals surface area contributed by atoms with Crippen molar-refractivity contribution in [2.24, 2.45) is 5.41 Å². The van der Waals surface area contributed by atoms with E-state index in [4.69, 9.17) is 0 Å². The third kappa shape index (κ3) is 5.55. The molecule has 27 heavy (non-hydrogen) atoms. The Balaban J connectivity index is 1.48. The molecule has 4 nitrogen and oxygen atoms in total. The molecular formula is C23H36N2O2. The highest BCUT2D eigenvalue weighted by atomic mass is 16.3. The first-order valence-corrected chi connectivity index (χ1v) is 10.6. The monoisotopic (exact) mass is 372 g/mol. The predicted octanol–water partition coefficient (Wildman–Crippen LogP) is 3.61. The second-order valence-electron chi connectivity index (χ2n) is 9.31. The van der Waals surface area contributed by atoms with Gasteiger partial charge in [-0.05, 0) is 82.5 Å². The van der Waals surface area contributed by atoms with Gasteiger partial charge in [-0.2, -0.15) is 0 Å². The Morgan fingerprint density at radius 2 is 1.70 bits per heavy atom. The maximum absolute atomic E-state index is 12.0. The summed E-state index contributed by atoms with van der Waals surface area (Å²) in [5, 5.41) is 9.87. The van der Waals surface area contributed by atoms with Crippen LogP contribution in [0, 0.1) is 5.41 Å². The molecule has 0 saturated carbocycles. The first kappa shape index (κ1) is 20.3. The lowest BCUT2D eigenvalue weighted by Gasteiger charge is -2.47. The van der Waals surface area contributed by atoms with E-state index in [9.17, 15) is 9.90 Å². The standard InChI is InChI=1S/C23H36N2O2/c1-4-25-18-23(12-10-21(25)26)13-15-24(16-14-23)17-20-7-5-19(6-8-20)9-11-22(2,3)27/h5-8,27H,4,9-18H2,1-3H3. The maximum Gasteiger partial charge on any atom is 0.222 e. The van der Waals surface area contributed by atoms with Crippen LogP contribution in [0.5, 0.6) is 0 Å². The van der Waals surface area contributed by atoms with Crippen LogP contribution < -0.4 is 0 Å². The zero-order valence-corrected chi connectivity index (χ0v) is 17.3. The summed E-state index contributed by atoms with van der Waals surface area (Å²) in [4.78, 5) is 16.6. The van der Waals surface area contributed by atoms with E-state index < -0.39 is 5.60 Å². The fourth-order valence-corrected chi connectivity index (χ4v) is 4.50. The Morgan fingerprint density at radius 3 is 2.30 bits per heavy atom. The van der Waals surface area contributed by atoms with E-state index in [1.54, 1.807) is 0 Å². The van der Waals surface area contributed by atoms with Crippen LogP contribution in [0.2, 0.25) is 0 Å². The molecule has 2 saturated heterocycles. The van der Waals surface area contributed by atoms with Crippen molar-refractivity contribution < 1.29 is 9.90 Å². The Hall–Kier alpha value is -1.39. The summed E-state index contributed by atoms with van der Waals surface area (Å²) in [6, 6.07) is 8.89. The van der Waals surface area contributed by atoms with Gasteiger partial charge >= 0.3 is 0 Å². The summed E-state index contributed by atoms with van der Waals surface area (Å²) in [5.41, 5.74) is 2.43. The number of hydrogen-bond donors (Lipinski definition) is 1. The van der Waals surface area contributed by atoms with Crippen LogP contribution in [0.3, 0.4) is 0 Å². The molecule has 3 rings (SSSR count). The molecular weight excluding hydrogens is 336 g/mol. The van der Waals surface area contributed by atoms with Crippen LogP contribution >= 0.6 is 0 Å². The van der Waals surface area contributed by atoms with Gasteiger partial charge < -0.3 is 10.0 Å². The van der Waals surface area contributed by atoms with Crippen LogP contribution in [0.15, 0.2) is 24.3 Å². The van der Waals surface area contributed by atoms with Crippen molar-refractivity contribution >= 4 is 5.91 Å². The molecule has 2 aliphatic rings. The largest absolute Gasteiger partial charge is 0.390 e. The summed E-state index contributed by atoms with van der Waals surface area (Å²) in [5.74, 6) is 0.343. The van der Waals surface area contributed by atoms with Gasteiger partial charge in [0.25, 0.3) is 0 Å². The van der Waals surface area contributed by atoms with Gasteiger partial charge in [0, 0.05) is 26.1 Å². The molecule has 0 radical (unpaired) electrons. The fraction of sp³-hybridized carbons (Fsp3) is 0.696. The highest BCUT2D eigenvalue weighted by Crippen LogP contribution is 2.40. The zero-order valence-electron chi connectivity index (χ0n) is 17.3. The Morgan fingerprint density at radius 1 is 1.07 bits per heavy atom. The minimum atomic E-state index is -0.598. The van der Waals surface area contributed by atoms with E-state index in [0.717, 1.165) is 58.4 Å². The van der Waals surface area contributed by atoms with Gasteiger partial charge in [-0.15, -0.1) is 0 Å². The first-order chi connectivity index (χ1) is 12.8. The molecule has 1 N–H and O–H groups in total. The molecule has 1 amide bonds. The van der Waals surface area contributed by atoms with Crippen molar-refractivity contribution in [3.8, 4) is 0 Å². The number of hydrogen-bond acceptors (Lipinski definition) is 3. The minimum Gasteiger partial charge on any atom is -0.390 e. The lowest BCUT2D eigenvalue weighted by molar-refractivity contribution is -0.138. The van der Waals surface area contributed by atoms with E-state index in [-0.39, 0.29) is 0 Å². The van der Waals surface area contributed by atoms with Gasteiger partial charge in [-0.3, -0.25) is 9.69 Å². The normalized spacial score (nSPS) is 21.0. The summed E-state index contributed by atoms with van der Waals surface area (Å²) in [6.07, 6.45) is 5.94. The molecule has 1 spiro atoms. The highest BCUT2D eigenvalue weighted by molar-refractivity contribution is 5.77. The van der Waals surface area contributed by atoms with Gasteiger partial charge in [0.2, 0.25) is 5.91 Å². The topological polar surface area (TPSA) is 43.8 Å². The van der Waals surface area contributed by atoms with Crippen LogP contribution in [0.1, 0.15) is 64.0 Å². The maximum atomic E-state index is 12.0. The second kappa shape index (κ2) is 8.32. The number of benzene rings is 1. The van der Waals surface area contributed by atoms with Crippen molar-refractivity contribution in [2.75, 3.05) is 26.2 Å². The number of amides is 1. The molecule has 1 aromatic rings. The molecule has 0 bridgehead atoms. The molecule has 150 valence electrons. The Bertz CT molecular complexity index is 625. The van der Waals surface area contributed by atoms with Crippen LogP contribution in [-0.2, 0) is 17.8 Å². The van der Waals surface area contributed by atoms with Gasteiger partial charge in [0.1, 0.15) is 0 Å². The van der Waals surface area contributed by atoms with E-state index in [0.29, 0.717) is 11.3 Å². The molecule has 2 heterocycles. The average Bonchev–Trinajstić information content (AvgIpc) is 2.65. The lowest BCUT2D eigenvalue weighted by atomic mass is 9.72. The van der Waals surface area contributed by atoms with Gasteiger partial charge in [0.05, 0.1) is 5.60 Å². The summed E-state index contributed by atoms with van der Waals surface area (Å²) < 4.78 is 0. The minimum absolute atomic E-state index is 0.343. The predicted molar refractivity (Wildman–Crippen MR) is 109 cm³/mol. The van der Waals surface area contributed by atoms with E-state index in [1.807, 2.05) is 13.8 Å². The smallest absolute Gasteiger partial charge is 0.222 e. The zero-order chi connectivity index (χ0) is 19.5. The van der Waals surface area contributed by atoms with Crippen molar-refractivity contribution in [2.45, 2.75) is 71.4 Å². The van der Waals surface area contributed by atoms with E-state index >= 15 is 0 Å². The molecule has 2 fully saturated rings. The summed E-state index contributed by atoms with van der Waals surface area (Å²) >= 11 is 0. The highest BCUT2D eigenvalue weighted by Gasteiger charge is 2.40. The second-order valence-corrected chi connectivity index (χ2v) is 9.31. The average molecular weight is 373 g/mol. The molecule has 0 unspecified atom stereocenters. The molecule has 1 aromatic carbocycles. The number of carbonyl (C=O) groups excluding carboxylic acids is 1. The quantitative estimate of drug-likeness (QED) is 0.829. The number of rotatable bonds is 6. The number of nitrogens with zero attached hydrogens (tertiary/aromatic N) is 2. The molecule has 0 atom stereocenters. The number of aryl methyl sites for hydroxylation is 1. The van der Waals surface area contributed by atoms with Crippen LogP contribution in [0.4, 0.5) is 0 Å². The summed E-state index contributed by atoms with van der Waals surface area (Å²) in [6.45, 7) is 10.9. The number of likely N-dealkylation sites (tertiary alicyclic amines) is 2. The number of aliphatic hydroxyl groups is 1. The number of piperidine rings is 2. The van der Waals surface area contributed by atoms with Crippen LogP contribution in [0.25, 0.3) is 0 Å². The van der Waals surface area contributed by atoms with Crippen LogP contribution in [-0.4, -0.2) is 52.6 Å². The fourth-order valence-electron chi connectivity index (χ4n) is 4.50. The Kier molecular flexibility index (Phi) is 6.27. The summed E-state index contributed by atoms with van der Waals surface area (Å²) in [7, 11) is 0. The van der Waals surface area contributed by atoms with E-state index in [1.165, 1.54) is 24.0 Å². The van der Waals surface area contributed by atoms with E-state index in [2.05, 4.69) is 41.0 Å². The molecule has 4 heteroatoms. The third-order valence-corrected chi connectivity index (χ3v) is 6.50. The third-order valence-electron chi connectivity index (χ3n) is 6.50. The van der Waals surface area contributed by atoms with Crippen molar-refractivity contribution in [3.63, 3.8) is 0 Å². The van der Waals surface area contributed by atoms with Crippen molar-refractivity contribution in [1.82, 2.24) is 9.80 Å². The first-order valence-electron chi connectivity index (χ1n) is 10.6. The molecule has 0 aliphatic carbocycles. The van der Waals surface area contributed by atoms with Gasteiger partial charge in [-0.25, -0.2) is 0 Å². The van der Waals surface area contributed by atoms with Crippen molar-refractivity contribution in [3.05, 3.63) is 35.4 Å². The van der Waals surface area contributed by atoms with Crippen molar-refractivity contribution in [1.29, 1.82) is 0 Å². The number of carbonyl (C=O) groups is 1.